The molecule has 0 amide bonds. The van der Waals surface area contributed by atoms with E-state index in [4.69, 9.17) is 0 Å². The van der Waals surface area contributed by atoms with Crippen LogP contribution < -0.4 is 0 Å². The molecule has 1 aromatic carbocycles. The van der Waals surface area contributed by atoms with Gasteiger partial charge in [0.2, 0.25) is 0 Å². The van der Waals surface area contributed by atoms with Crippen molar-refractivity contribution in [1.29, 1.82) is 0 Å². The maximum Gasteiger partial charge on any atom is 0.0934 e. The van der Waals surface area contributed by atoms with Crippen LogP contribution in [0.5, 0.6) is 0 Å². The van der Waals surface area contributed by atoms with E-state index in [9.17, 15) is 0 Å². The number of rotatable bonds is 4. The summed E-state index contributed by atoms with van der Waals surface area (Å²) in [5.41, 5.74) is 2.52. The Bertz CT molecular complexity index is 448. The highest BCUT2D eigenvalue weighted by Crippen LogP contribution is 2.21. The maximum atomic E-state index is 4.57. The fraction of sp³-hybridized carbons (Fsp3) is 0.308. The average Bonchev–Trinajstić information content (AvgIpc) is 2.69. The predicted octanol–water partition coefficient (Wildman–Crippen LogP) is 3.67. The van der Waals surface area contributed by atoms with Gasteiger partial charge in [-0.25, -0.2) is 4.98 Å². The Labute approximate surface area is 106 Å². The molecule has 3 heteroatoms. The first-order chi connectivity index (χ1) is 7.79. The van der Waals surface area contributed by atoms with Crippen molar-refractivity contribution in [3.05, 3.63) is 51.5 Å². The van der Waals surface area contributed by atoms with E-state index in [-0.39, 0.29) is 0 Å². The molecule has 0 atom stereocenters. The lowest BCUT2D eigenvalue weighted by Gasteiger charge is -1.97. The largest absolute Gasteiger partial charge is 0.246 e. The first-order valence-corrected chi connectivity index (χ1v) is 6.84. The molecular weight excluding hydrogens is 234 g/mol. The van der Waals surface area contributed by atoms with E-state index in [1.807, 2.05) is 0 Å². The highest BCUT2D eigenvalue weighted by atomic mass is 32.1. The minimum Gasteiger partial charge on any atom is -0.246 e. The van der Waals surface area contributed by atoms with Crippen molar-refractivity contribution >= 4 is 24.0 Å². The monoisotopic (exact) mass is 249 g/mol. The van der Waals surface area contributed by atoms with Gasteiger partial charge in [-0.1, -0.05) is 30.3 Å². The van der Waals surface area contributed by atoms with Crippen LogP contribution in [0.25, 0.3) is 0 Å². The topological polar surface area (TPSA) is 12.9 Å². The van der Waals surface area contributed by atoms with Crippen LogP contribution in [0, 0.1) is 6.92 Å². The Kier molecular flexibility index (Phi) is 4.02. The Balaban J connectivity index is 2.00. The van der Waals surface area contributed by atoms with Gasteiger partial charge in [0.05, 0.1) is 10.7 Å². The molecule has 84 valence electrons. The number of aromatic nitrogens is 1. The van der Waals surface area contributed by atoms with Crippen LogP contribution >= 0.6 is 24.0 Å². The third kappa shape index (κ3) is 2.86. The summed E-state index contributed by atoms with van der Waals surface area (Å²) in [4.78, 5) is 5.86. The Morgan fingerprint density at radius 1 is 1.19 bits per heavy atom. The number of hydrogen-bond donors (Lipinski definition) is 1. The summed E-state index contributed by atoms with van der Waals surface area (Å²) in [5, 5.41) is 1.23. The van der Waals surface area contributed by atoms with Gasteiger partial charge in [0, 0.05) is 17.1 Å². The highest BCUT2D eigenvalue weighted by molar-refractivity contribution is 7.79. The number of thiol groups is 1. The average molecular weight is 249 g/mol. The molecule has 16 heavy (non-hydrogen) atoms. The predicted molar refractivity (Wildman–Crippen MR) is 73.4 cm³/mol. The van der Waals surface area contributed by atoms with Crippen molar-refractivity contribution < 1.29 is 0 Å². The molecule has 2 aromatic rings. The molecule has 0 bridgehead atoms. The molecule has 0 N–H and O–H groups in total. The molecule has 0 spiro atoms. The fourth-order valence-electron chi connectivity index (χ4n) is 1.64. The van der Waals surface area contributed by atoms with Crippen LogP contribution in [-0.2, 0) is 18.6 Å². The van der Waals surface area contributed by atoms with Gasteiger partial charge in [0.1, 0.15) is 0 Å². The fourth-order valence-corrected chi connectivity index (χ4v) is 2.99. The Hall–Kier alpha value is -0.800. The normalized spacial score (nSPS) is 10.6. The Morgan fingerprint density at radius 2 is 1.94 bits per heavy atom. The minimum absolute atomic E-state index is 0.800. The number of thiazole rings is 1. The van der Waals surface area contributed by atoms with Crippen molar-refractivity contribution in [1.82, 2.24) is 4.98 Å². The van der Waals surface area contributed by atoms with E-state index in [2.05, 4.69) is 54.9 Å². The van der Waals surface area contributed by atoms with E-state index in [1.165, 1.54) is 15.4 Å². The number of benzene rings is 1. The summed E-state index contributed by atoms with van der Waals surface area (Å²) < 4.78 is 0. The van der Waals surface area contributed by atoms with Gasteiger partial charge in [-0.3, -0.25) is 0 Å². The summed E-state index contributed by atoms with van der Waals surface area (Å²) in [7, 11) is 0. The van der Waals surface area contributed by atoms with Gasteiger partial charge in [-0.2, -0.15) is 12.6 Å². The van der Waals surface area contributed by atoms with Gasteiger partial charge in [-0.15, -0.1) is 11.3 Å². The van der Waals surface area contributed by atoms with Crippen LogP contribution in [0.15, 0.2) is 30.3 Å². The molecule has 1 nitrogen and oxygen atoms in total. The van der Waals surface area contributed by atoms with Crippen molar-refractivity contribution in [2.24, 2.45) is 0 Å². The molecule has 0 saturated carbocycles. The molecular formula is C13H15NS2. The van der Waals surface area contributed by atoms with Crippen molar-refractivity contribution in [3.63, 3.8) is 0 Å². The van der Waals surface area contributed by atoms with Gasteiger partial charge in [0.25, 0.3) is 0 Å². The molecule has 0 unspecified atom stereocenters. The van der Waals surface area contributed by atoms with Gasteiger partial charge in [0.15, 0.2) is 0 Å². The second kappa shape index (κ2) is 5.51. The quantitative estimate of drug-likeness (QED) is 0.816. The molecule has 0 aliphatic heterocycles. The second-order valence-corrected chi connectivity index (χ2v) is 5.24. The minimum atomic E-state index is 0.800. The zero-order valence-electron chi connectivity index (χ0n) is 9.31. The summed E-state index contributed by atoms with van der Waals surface area (Å²) >= 11 is 6.09. The van der Waals surface area contributed by atoms with Crippen LogP contribution in [0.4, 0.5) is 0 Å². The van der Waals surface area contributed by atoms with E-state index < -0.39 is 0 Å². The third-order valence-corrected chi connectivity index (χ3v) is 4.30. The zero-order valence-corrected chi connectivity index (χ0v) is 11.0. The van der Waals surface area contributed by atoms with Crippen LogP contribution in [-0.4, -0.2) is 4.98 Å². The molecule has 2 rings (SSSR count). The van der Waals surface area contributed by atoms with Gasteiger partial charge < -0.3 is 0 Å². The standard InChI is InChI=1S/C13H15NS2/c1-10-12(9-15)16-13(14-10)8-7-11-5-3-2-4-6-11/h2-6,15H,7-9H2,1H3. The van der Waals surface area contributed by atoms with Gasteiger partial charge in [-0.05, 0) is 18.9 Å². The molecule has 0 aliphatic carbocycles. The number of aryl methyl sites for hydroxylation is 3. The number of nitrogens with zero attached hydrogens (tertiary/aromatic N) is 1. The lowest BCUT2D eigenvalue weighted by molar-refractivity contribution is 0.936. The van der Waals surface area contributed by atoms with Gasteiger partial charge >= 0.3 is 0 Å². The second-order valence-electron chi connectivity index (χ2n) is 3.76. The molecule has 1 aromatic heterocycles. The molecule has 0 aliphatic rings. The first kappa shape index (κ1) is 11.7. The van der Waals surface area contributed by atoms with Crippen molar-refractivity contribution in [3.8, 4) is 0 Å². The van der Waals surface area contributed by atoms with Crippen LogP contribution in [0.2, 0.25) is 0 Å². The molecule has 0 saturated heterocycles. The lowest BCUT2D eigenvalue weighted by atomic mass is 10.1. The summed E-state index contributed by atoms with van der Waals surface area (Å²) in [6.45, 7) is 2.06. The maximum absolute atomic E-state index is 4.57. The third-order valence-electron chi connectivity index (χ3n) is 2.55. The van der Waals surface area contributed by atoms with E-state index in [1.54, 1.807) is 11.3 Å². The molecule has 1 heterocycles. The summed E-state index contributed by atoms with van der Waals surface area (Å²) in [6.07, 6.45) is 2.10. The molecule has 0 fully saturated rings. The summed E-state index contributed by atoms with van der Waals surface area (Å²) in [5.74, 6) is 0.800. The van der Waals surface area contributed by atoms with Crippen molar-refractivity contribution in [2.75, 3.05) is 0 Å². The van der Waals surface area contributed by atoms with Crippen molar-refractivity contribution in [2.45, 2.75) is 25.5 Å². The first-order valence-electron chi connectivity index (χ1n) is 5.39. The SMILES string of the molecule is Cc1nc(CCc2ccccc2)sc1CS. The lowest BCUT2D eigenvalue weighted by Crippen LogP contribution is -1.90. The smallest absolute Gasteiger partial charge is 0.0934 e. The van der Waals surface area contributed by atoms with E-state index >= 15 is 0 Å². The van der Waals surface area contributed by atoms with Crippen LogP contribution in [0.3, 0.4) is 0 Å². The van der Waals surface area contributed by atoms with E-state index in [0.29, 0.717) is 0 Å². The zero-order chi connectivity index (χ0) is 11.4. The summed E-state index contributed by atoms with van der Waals surface area (Å²) in [6, 6.07) is 10.6. The highest BCUT2D eigenvalue weighted by Gasteiger charge is 2.05. The Morgan fingerprint density at radius 3 is 2.56 bits per heavy atom. The van der Waals surface area contributed by atoms with Crippen LogP contribution in [0.1, 0.15) is 21.1 Å². The number of hydrogen-bond acceptors (Lipinski definition) is 3. The molecule has 0 radical (unpaired) electrons. The van der Waals surface area contributed by atoms with E-state index in [0.717, 1.165) is 24.3 Å².